The van der Waals surface area contributed by atoms with E-state index in [1.54, 1.807) is 10.7 Å². The second-order valence-electron chi connectivity index (χ2n) is 5.20. The number of rotatable bonds is 6. The largest absolute Gasteiger partial charge is 0.494 e. The van der Waals surface area contributed by atoms with Gasteiger partial charge in [0.15, 0.2) is 5.75 Å². The first-order chi connectivity index (χ1) is 10.0. The summed E-state index contributed by atoms with van der Waals surface area (Å²) in [6.45, 7) is 4.31. The maximum atomic E-state index is 10.8. The molecule has 0 fully saturated rings. The van der Waals surface area contributed by atoms with Gasteiger partial charge < -0.3 is 4.74 Å². The molecule has 0 aliphatic carbocycles. The van der Waals surface area contributed by atoms with E-state index in [0.717, 1.165) is 18.5 Å². The van der Waals surface area contributed by atoms with Crippen LogP contribution in [0.5, 0.6) is 5.75 Å². The van der Waals surface area contributed by atoms with Crippen molar-refractivity contribution in [2.45, 2.75) is 26.7 Å². The summed E-state index contributed by atoms with van der Waals surface area (Å²) in [5.74, 6) is 0.994. The van der Waals surface area contributed by atoms with Gasteiger partial charge in [0, 0.05) is 6.07 Å². The van der Waals surface area contributed by atoms with Crippen LogP contribution in [0.25, 0.3) is 5.69 Å². The number of nitrogens with zero attached hydrogens (tertiary/aromatic N) is 4. The molecule has 0 saturated heterocycles. The highest BCUT2D eigenvalue weighted by Crippen LogP contribution is 2.27. The van der Waals surface area contributed by atoms with Crippen LogP contribution in [0.3, 0.4) is 0 Å². The molecule has 0 amide bonds. The van der Waals surface area contributed by atoms with Gasteiger partial charge in [-0.3, -0.25) is 10.1 Å². The Labute approximate surface area is 122 Å². The topological polar surface area (TPSA) is 83.1 Å². The molecule has 0 N–H and O–H groups in total. The van der Waals surface area contributed by atoms with Gasteiger partial charge >= 0.3 is 0 Å². The van der Waals surface area contributed by atoms with Gasteiger partial charge in [0.2, 0.25) is 0 Å². The molecule has 112 valence electrons. The number of methoxy groups -OCH3 is 1. The number of aromatic nitrogens is 3. The van der Waals surface area contributed by atoms with E-state index >= 15 is 0 Å². The molecular formula is C14H18N4O3. The lowest BCUT2D eigenvalue weighted by atomic mass is 10.1. The Morgan fingerprint density at radius 3 is 2.81 bits per heavy atom. The number of ether oxygens (including phenoxy) is 1. The lowest BCUT2D eigenvalue weighted by Gasteiger charge is -2.07. The fourth-order valence-electron chi connectivity index (χ4n) is 1.94. The summed E-state index contributed by atoms with van der Waals surface area (Å²) in [5, 5.41) is 19.0. The summed E-state index contributed by atoms with van der Waals surface area (Å²) >= 11 is 0. The van der Waals surface area contributed by atoms with Crippen molar-refractivity contribution >= 4 is 5.69 Å². The molecule has 1 aromatic carbocycles. The lowest BCUT2D eigenvalue weighted by Crippen LogP contribution is -2.00. The van der Waals surface area contributed by atoms with Crippen molar-refractivity contribution in [2.24, 2.45) is 5.92 Å². The first-order valence-corrected chi connectivity index (χ1v) is 6.75. The van der Waals surface area contributed by atoms with E-state index in [1.807, 2.05) is 6.20 Å². The molecule has 2 aromatic rings. The molecular weight excluding hydrogens is 272 g/mol. The van der Waals surface area contributed by atoms with E-state index in [1.165, 1.54) is 19.2 Å². The Morgan fingerprint density at radius 1 is 1.43 bits per heavy atom. The second kappa shape index (κ2) is 6.34. The van der Waals surface area contributed by atoms with Gasteiger partial charge in [0.05, 0.1) is 30.0 Å². The molecule has 0 radical (unpaired) electrons. The average molecular weight is 290 g/mol. The number of non-ortho nitro benzene ring substituents is 1. The van der Waals surface area contributed by atoms with Crippen LogP contribution in [0.1, 0.15) is 26.0 Å². The SMILES string of the molecule is COc1cc([N+](=O)[O-])ccc1-n1cc(CCC(C)C)nn1. The molecule has 1 aromatic heterocycles. The Kier molecular flexibility index (Phi) is 4.52. The zero-order chi connectivity index (χ0) is 15.4. The monoisotopic (exact) mass is 290 g/mol. The van der Waals surface area contributed by atoms with E-state index in [4.69, 9.17) is 4.74 Å². The van der Waals surface area contributed by atoms with Gasteiger partial charge in [0.1, 0.15) is 5.69 Å². The van der Waals surface area contributed by atoms with E-state index in [-0.39, 0.29) is 5.69 Å². The fourth-order valence-corrected chi connectivity index (χ4v) is 1.94. The second-order valence-corrected chi connectivity index (χ2v) is 5.20. The molecule has 0 spiro atoms. The van der Waals surface area contributed by atoms with Gasteiger partial charge in [-0.05, 0) is 24.8 Å². The molecule has 0 aliphatic rings. The van der Waals surface area contributed by atoms with Crippen molar-refractivity contribution < 1.29 is 9.66 Å². The highest BCUT2D eigenvalue weighted by atomic mass is 16.6. The summed E-state index contributed by atoms with van der Waals surface area (Å²) in [6.07, 6.45) is 3.72. The summed E-state index contributed by atoms with van der Waals surface area (Å²) < 4.78 is 6.79. The van der Waals surface area contributed by atoms with Crippen LogP contribution in [-0.2, 0) is 6.42 Å². The molecule has 0 saturated carbocycles. The van der Waals surface area contributed by atoms with Crippen molar-refractivity contribution in [1.82, 2.24) is 15.0 Å². The summed E-state index contributed by atoms with van der Waals surface area (Å²) in [5.41, 5.74) is 1.51. The molecule has 2 rings (SSSR count). The summed E-state index contributed by atoms with van der Waals surface area (Å²) in [6, 6.07) is 4.41. The zero-order valence-electron chi connectivity index (χ0n) is 12.3. The predicted molar refractivity (Wildman–Crippen MR) is 77.7 cm³/mol. The summed E-state index contributed by atoms with van der Waals surface area (Å²) in [7, 11) is 1.47. The van der Waals surface area contributed by atoms with Crippen molar-refractivity contribution in [3.05, 3.63) is 40.2 Å². The van der Waals surface area contributed by atoms with Gasteiger partial charge in [-0.25, -0.2) is 4.68 Å². The summed E-state index contributed by atoms with van der Waals surface area (Å²) in [4.78, 5) is 10.3. The zero-order valence-corrected chi connectivity index (χ0v) is 12.3. The molecule has 21 heavy (non-hydrogen) atoms. The van der Waals surface area contributed by atoms with Crippen molar-refractivity contribution in [3.8, 4) is 11.4 Å². The van der Waals surface area contributed by atoms with Crippen LogP contribution < -0.4 is 4.74 Å². The van der Waals surface area contributed by atoms with Gasteiger partial charge in [-0.15, -0.1) is 5.10 Å². The van der Waals surface area contributed by atoms with Crippen LogP contribution >= 0.6 is 0 Å². The number of hydrogen-bond acceptors (Lipinski definition) is 5. The normalized spacial score (nSPS) is 10.9. The van der Waals surface area contributed by atoms with Crippen molar-refractivity contribution in [1.29, 1.82) is 0 Å². The first kappa shape index (κ1) is 15.0. The molecule has 7 heteroatoms. The number of nitro groups is 1. The van der Waals surface area contributed by atoms with Crippen LogP contribution in [0.4, 0.5) is 5.69 Å². The maximum Gasteiger partial charge on any atom is 0.273 e. The molecule has 0 aliphatic heterocycles. The highest BCUT2D eigenvalue weighted by molar-refractivity contribution is 5.52. The minimum Gasteiger partial charge on any atom is -0.494 e. The Hall–Kier alpha value is -2.44. The third kappa shape index (κ3) is 3.56. The quantitative estimate of drug-likeness (QED) is 0.603. The predicted octanol–water partition coefficient (Wildman–Crippen LogP) is 2.77. The molecule has 0 atom stereocenters. The fraction of sp³-hybridized carbons (Fsp3) is 0.429. The van der Waals surface area contributed by atoms with Gasteiger partial charge in [-0.2, -0.15) is 0 Å². The number of nitro benzene ring substituents is 1. The maximum absolute atomic E-state index is 10.8. The molecule has 0 bridgehead atoms. The van der Waals surface area contributed by atoms with Crippen LogP contribution in [0.2, 0.25) is 0 Å². The number of hydrogen-bond donors (Lipinski definition) is 0. The number of aryl methyl sites for hydroxylation is 1. The lowest BCUT2D eigenvalue weighted by molar-refractivity contribution is -0.384. The van der Waals surface area contributed by atoms with Crippen molar-refractivity contribution in [2.75, 3.05) is 7.11 Å². The van der Waals surface area contributed by atoms with E-state index in [0.29, 0.717) is 17.4 Å². The third-order valence-electron chi connectivity index (χ3n) is 3.14. The highest BCUT2D eigenvalue weighted by Gasteiger charge is 2.14. The van der Waals surface area contributed by atoms with Gasteiger partial charge in [0.25, 0.3) is 5.69 Å². The van der Waals surface area contributed by atoms with E-state index in [9.17, 15) is 10.1 Å². The van der Waals surface area contributed by atoms with Crippen LogP contribution in [-0.4, -0.2) is 27.0 Å². The average Bonchev–Trinajstić information content (AvgIpc) is 2.93. The van der Waals surface area contributed by atoms with E-state index < -0.39 is 4.92 Å². The van der Waals surface area contributed by atoms with Crippen LogP contribution in [0, 0.1) is 16.0 Å². The number of benzene rings is 1. The third-order valence-corrected chi connectivity index (χ3v) is 3.14. The van der Waals surface area contributed by atoms with Crippen molar-refractivity contribution in [3.63, 3.8) is 0 Å². The minimum absolute atomic E-state index is 0.0178. The Balaban J connectivity index is 2.27. The Bertz CT molecular complexity index is 637. The Morgan fingerprint density at radius 2 is 2.19 bits per heavy atom. The molecule has 1 heterocycles. The van der Waals surface area contributed by atoms with Gasteiger partial charge in [-0.1, -0.05) is 19.1 Å². The molecule has 0 unspecified atom stereocenters. The minimum atomic E-state index is -0.457. The smallest absolute Gasteiger partial charge is 0.273 e. The first-order valence-electron chi connectivity index (χ1n) is 6.75. The molecule has 7 nitrogen and oxygen atoms in total. The standard InChI is InChI=1S/C14H18N4O3/c1-10(2)4-5-11-9-17(16-15-11)13-7-6-12(18(19)20)8-14(13)21-3/h6-10H,4-5H2,1-3H3. The van der Waals surface area contributed by atoms with Crippen LogP contribution in [0.15, 0.2) is 24.4 Å². The van der Waals surface area contributed by atoms with E-state index in [2.05, 4.69) is 24.2 Å².